The van der Waals surface area contributed by atoms with Gasteiger partial charge < -0.3 is 15.0 Å². The van der Waals surface area contributed by atoms with Crippen LogP contribution in [0, 0.1) is 13.8 Å². The number of ether oxygens (including phenoxy) is 1. The van der Waals surface area contributed by atoms with Gasteiger partial charge in [-0.1, -0.05) is 48.9 Å². The minimum Gasteiger partial charge on any atom is -0.484 e. The molecule has 27 heavy (non-hydrogen) atoms. The van der Waals surface area contributed by atoms with Crippen LogP contribution in [-0.2, 0) is 16.1 Å². The summed E-state index contributed by atoms with van der Waals surface area (Å²) in [6.45, 7) is 6.14. The number of likely N-dealkylation sites (N-methyl/N-ethyl adjacent to an activating group) is 1. The number of amides is 2. The SMILES string of the molecule is CC[C@@H](C(=O)NC)N(Cc1ccc(C)cc1)C(=O)COc1cccc(C)c1. The number of rotatable bonds is 8. The van der Waals surface area contributed by atoms with E-state index >= 15 is 0 Å². The summed E-state index contributed by atoms with van der Waals surface area (Å²) in [6, 6.07) is 15.0. The van der Waals surface area contributed by atoms with Gasteiger partial charge in [-0.3, -0.25) is 9.59 Å². The van der Waals surface area contributed by atoms with Crippen molar-refractivity contribution in [2.24, 2.45) is 0 Å². The molecule has 0 aliphatic carbocycles. The van der Waals surface area contributed by atoms with Crippen molar-refractivity contribution in [3.05, 3.63) is 65.2 Å². The Labute approximate surface area is 161 Å². The monoisotopic (exact) mass is 368 g/mol. The van der Waals surface area contributed by atoms with Crippen LogP contribution in [0.15, 0.2) is 48.5 Å². The molecule has 0 radical (unpaired) electrons. The predicted octanol–water partition coefficient (Wildman–Crippen LogP) is 3.24. The average molecular weight is 368 g/mol. The summed E-state index contributed by atoms with van der Waals surface area (Å²) in [5.74, 6) is 0.257. The Kier molecular flexibility index (Phi) is 7.41. The van der Waals surface area contributed by atoms with Crippen LogP contribution < -0.4 is 10.1 Å². The fourth-order valence-electron chi connectivity index (χ4n) is 2.91. The van der Waals surface area contributed by atoms with E-state index in [2.05, 4.69) is 5.32 Å². The van der Waals surface area contributed by atoms with E-state index in [0.29, 0.717) is 18.7 Å². The fourth-order valence-corrected chi connectivity index (χ4v) is 2.91. The van der Waals surface area contributed by atoms with E-state index < -0.39 is 6.04 Å². The van der Waals surface area contributed by atoms with Gasteiger partial charge in [0, 0.05) is 13.6 Å². The number of aryl methyl sites for hydroxylation is 2. The van der Waals surface area contributed by atoms with E-state index in [4.69, 9.17) is 4.74 Å². The molecule has 0 bridgehead atoms. The third-order valence-electron chi connectivity index (χ3n) is 4.46. The first kappa shape index (κ1) is 20.5. The fraction of sp³-hybridized carbons (Fsp3) is 0.364. The standard InChI is InChI=1S/C22H28N2O3/c1-5-20(22(26)23-4)24(14-18-11-9-16(2)10-12-18)21(25)15-27-19-8-6-7-17(3)13-19/h6-13,20H,5,14-15H2,1-4H3,(H,23,26)/t20-/m0/s1. The van der Waals surface area contributed by atoms with Crippen molar-refractivity contribution in [3.63, 3.8) is 0 Å². The lowest BCUT2D eigenvalue weighted by atomic mass is 10.1. The molecular formula is C22H28N2O3. The van der Waals surface area contributed by atoms with Crippen molar-refractivity contribution in [2.75, 3.05) is 13.7 Å². The zero-order valence-corrected chi connectivity index (χ0v) is 16.5. The smallest absolute Gasteiger partial charge is 0.261 e. The summed E-state index contributed by atoms with van der Waals surface area (Å²) >= 11 is 0. The number of hydrogen-bond acceptors (Lipinski definition) is 3. The number of nitrogens with one attached hydrogen (secondary N) is 1. The highest BCUT2D eigenvalue weighted by Gasteiger charge is 2.28. The van der Waals surface area contributed by atoms with Crippen LogP contribution in [0.3, 0.4) is 0 Å². The highest BCUT2D eigenvalue weighted by molar-refractivity contribution is 5.88. The van der Waals surface area contributed by atoms with Gasteiger partial charge in [-0.05, 0) is 43.5 Å². The summed E-state index contributed by atoms with van der Waals surface area (Å²) < 4.78 is 5.67. The second-order valence-corrected chi connectivity index (χ2v) is 6.65. The molecule has 0 fully saturated rings. The maximum Gasteiger partial charge on any atom is 0.261 e. The van der Waals surface area contributed by atoms with Crippen LogP contribution in [0.4, 0.5) is 0 Å². The Morgan fingerprint density at radius 1 is 1.07 bits per heavy atom. The van der Waals surface area contributed by atoms with Crippen LogP contribution in [0.1, 0.15) is 30.0 Å². The minimum atomic E-state index is -0.537. The van der Waals surface area contributed by atoms with Gasteiger partial charge in [-0.15, -0.1) is 0 Å². The number of carbonyl (C=O) groups is 2. The van der Waals surface area contributed by atoms with Gasteiger partial charge in [0.05, 0.1) is 0 Å². The van der Waals surface area contributed by atoms with Gasteiger partial charge in [-0.2, -0.15) is 0 Å². The van der Waals surface area contributed by atoms with Crippen molar-refractivity contribution < 1.29 is 14.3 Å². The molecule has 0 unspecified atom stereocenters. The first-order valence-electron chi connectivity index (χ1n) is 9.20. The molecular weight excluding hydrogens is 340 g/mol. The van der Waals surface area contributed by atoms with Crippen molar-refractivity contribution in [2.45, 2.75) is 39.8 Å². The Balaban J connectivity index is 2.17. The van der Waals surface area contributed by atoms with Gasteiger partial charge in [0.25, 0.3) is 5.91 Å². The summed E-state index contributed by atoms with van der Waals surface area (Å²) in [4.78, 5) is 26.8. The van der Waals surface area contributed by atoms with E-state index in [1.54, 1.807) is 11.9 Å². The normalized spacial score (nSPS) is 11.6. The lowest BCUT2D eigenvalue weighted by Gasteiger charge is -2.30. The molecule has 1 atom stereocenters. The van der Waals surface area contributed by atoms with Crippen molar-refractivity contribution in [1.29, 1.82) is 0 Å². The molecule has 0 aliphatic heterocycles. The third-order valence-corrected chi connectivity index (χ3v) is 4.46. The average Bonchev–Trinajstić information content (AvgIpc) is 2.67. The van der Waals surface area contributed by atoms with Crippen molar-refractivity contribution >= 4 is 11.8 Å². The quantitative estimate of drug-likeness (QED) is 0.778. The molecule has 2 amide bonds. The number of carbonyl (C=O) groups excluding carboxylic acids is 2. The summed E-state index contributed by atoms with van der Waals surface area (Å²) in [7, 11) is 1.59. The third kappa shape index (κ3) is 5.84. The molecule has 5 nitrogen and oxygen atoms in total. The van der Waals surface area contributed by atoms with Crippen LogP contribution >= 0.6 is 0 Å². The first-order chi connectivity index (χ1) is 12.9. The predicted molar refractivity (Wildman–Crippen MR) is 107 cm³/mol. The molecule has 2 aromatic rings. The highest BCUT2D eigenvalue weighted by Crippen LogP contribution is 2.16. The molecule has 0 saturated heterocycles. The highest BCUT2D eigenvalue weighted by atomic mass is 16.5. The molecule has 0 saturated carbocycles. The zero-order valence-electron chi connectivity index (χ0n) is 16.5. The van der Waals surface area contributed by atoms with Crippen LogP contribution in [0.5, 0.6) is 5.75 Å². The van der Waals surface area contributed by atoms with E-state index in [1.807, 2.05) is 69.3 Å². The molecule has 144 valence electrons. The van der Waals surface area contributed by atoms with Gasteiger partial charge in [0.15, 0.2) is 6.61 Å². The van der Waals surface area contributed by atoms with Crippen molar-refractivity contribution in [3.8, 4) is 5.75 Å². The summed E-state index contributed by atoms with van der Waals surface area (Å²) in [6.07, 6.45) is 0.529. The van der Waals surface area contributed by atoms with E-state index in [-0.39, 0.29) is 18.4 Å². The molecule has 5 heteroatoms. The lowest BCUT2D eigenvalue weighted by Crippen LogP contribution is -2.49. The molecule has 0 aromatic heterocycles. The molecule has 1 N–H and O–H groups in total. The number of benzene rings is 2. The van der Waals surface area contributed by atoms with E-state index in [9.17, 15) is 9.59 Å². The molecule has 2 rings (SSSR count). The lowest BCUT2D eigenvalue weighted by molar-refractivity contribution is -0.142. The number of hydrogen-bond donors (Lipinski definition) is 1. The first-order valence-corrected chi connectivity index (χ1v) is 9.20. The van der Waals surface area contributed by atoms with Gasteiger partial charge >= 0.3 is 0 Å². The minimum absolute atomic E-state index is 0.108. The number of nitrogens with zero attached hydrogens (tertiary/aromatic N) is 1. The van der Waals surface area contributed by atoms with Gasteiger partial charge in [0.1, 0.15) is 11.8 Å². The maximum absolute atomic E-state index is 12.9. The zero-order chi connectivity index (χ0) is 19.8. The summed E-state index contributed by atoms with van der Waals surface area (Å²) in [5, 5.41) is 2.65. The van der Waals surface area contributed by atoms with Gasteiger partial charge in [0.2, 0.25) is 5.91 Å². The molecule has 0 aliphatic rings. The Morgan fingerprint density at radius 2 is 1.78 bits per heavy atom. The van der Waals surface area contributed by atoms with E-state index in [1.165, 1.54) is 0 Å². The van der Waals surface area contributed by atoms with Crippen LogP contribution in [-0.4, -0.2) is 36.4 Å². The Morgan fingerprint density at radius 3 is 2.37 bits per heavy atom. The maximum atomic E-state index is 12.9. The largest absolute Gasteiger partial charge is 0.484 e. The molecule has 2 aromatic carbocycles. The van der Waals surface area contributed by atoms with E-state index in [0.717, 1.165) is 16.7 Å². The second kappa shape index (κ2) is 9.76. The topological polar surface area (TPSA) is 58.6 Å². The molecule has 0 heterocycles. The van der Waals surface area contributed by atoms with Crippen molar-refractivity contribution in [1.82, 2.24) is 10.2 Å². The molecule has 0 spiro atoms. The summed E-state index contributed by atoms with van der Waals surface area (Å²) in [5.41, 5.74) is 3.19. The van der Waals surface area contributed by atoms with Gasteiger partial charge in [-0.25, -0.2) is 0 Å². The Hall–Kier alpha value is -2.82. The van der Waals surface area contributed by atoms with Crippen LogP contribution in [0.2, 0.25) is 0 Å². The Bertz CT molecular complexity index is 771. The second-order valence-electron chi connectivity index (χ2n) is 6.65. The van der Waals surface area contributed by atoms with Crippen LogP contribution in [0.25, 0.3) is 0 Å².